The van der Waals surface area contributed by atoms with Crippen LogP contribution in [0.5, 0.6) is 0 Å². The summed E-state index contributed by atoms with van der Waals surface area (Å²) in [7, 11) is -4.20. The van der Waals surface area contributed by atoms with Gasteiger partial charge in [0.15, 0.2) is 0 Å². The highest BCUT2D eigenvalue weighted by Gasteiger charge is 2.31. The monoisotopic (exact) mass is 463 g/mol. The third kappa shape index (κ3) is 3.84. The van der Waals surface area contributed by atoms with Crippen LogP contribution in [-0.4, -0.2) is 18.2 Å². The Hall–Kier alpha value is -3.10. The van der Waals surface area contributed by atoms with E-state index in [9.17, 15) is 26.4 Å². The summed E-state index contributed by atoms with van der Waals surface area (Å²) in [6.07, 6.45) is -4.55. The first-order valence-electron chi connectivity index (χ1n) is 8.92. The number of ketones is 1. The molecular weight excluding hydrogens is 451 g/mol. The topological polar surface area (TPSA) is 56.1 Å². The molecule has 31 heavy (non-hydrogen) atoms. The zero-order valence-corrected chi connectivity index (χ0v) is 17.2. The van der Waals surface area contributed by atoms with E-state index in [0.717, 1.165) is 28.2 Å². The van der Waals surface area contributed by atoms with Gasteiger partial charge >= 0.3 is 6.18 Å². The lowest BCUT2D eigenvalue weighted by atomic mass is 10.1. The molecule has 0 aliphatic carbocycles. The number of carbonyl (C=O) groups is 1. The number of hydrogen-bond acceptors (Lipinski definition) is 3. The maximum Gasteiger partial charge on any atom is 0.416 e. The van der Waals surface area contributed by atoms with Gasteiger partial charge in [-0.3, -0.25) is 4.79 Å². The lowest BCUT2D eigenvalue weighted by Crippen LogP contribution is -2.19. The van der Waals surface area contributed by atoms with Crippen molar-refractivity contribution in [3.63, 3.8) is 0 Å². The number of alkyl halides is 3. The van der Waals surface area contributed by atoms with E-state index in [0.29, 0.717) is 5.39 Å². The van der Waals surface area contributed by atoms with Crippen molar-refractivity contribution in [2.24, 2.45) is 0 Å². The molecule has 0 unspecified atom stereocenters. The van der Waals surface area contributed by atoms with E-state index in [1.165, 1.54) is 24.3 Å². The van der Waals surface area contributed by atoms with E-state index >= 15 is 0 Å². The van der Waals surface area contributed by atoms with E-state index in [1.807, 2.05) is 0 Å². The molecule has 0 fully saturated rings. The molecule has 0 saturated heterocycles. The zero-order valence-electron chi connectivity index (χ0n) is 15.6. The third-order valence-electron chi connectivity index (χ3n) is 4.71. The van der Waals surface area contributed by atoms with E-state index < -0.39 is 27.5 Å². The fourth-order valence-electron chi connectivity index (χ4n) is 3.22. The maximum atomic E-state index is 13.4. The number of halogens is 4. The van der Waals surface area contributed by atoms with Crippen LogP contribution in [-0.2, 0) is 16.2 Å². The van der Waals surface area contributed by atoms with Crippen LogP contribution in [0.3, 0.4) is 0 Å². The Kier molecular flexibility index (Phi) is 5.15. The number of fused-ring (bicyclic) bond motifs is 1. The molecule has 0 bridgehead atoms. The van der Waals surface area contributed by atoms with Gasteiger partial charge in [-0.05, 0) is 42.5 Å². The van der Waals surface area contributed by atoms with Gasteiger partial charge in [0.1, 0.15) is 5.69 Å². The van der Waals surface area contributed by atoms with Gasteiger partial charge in [0.2, 0.25) is 5.78 Å². The first-order chi connectivity index (χ1) is 14.6. The number of carbonyl (C=O) groups excluding carboxylic acids is 1. The molecule has 0 aliphatic heterocycles. The van der Waals surface area contributed by atoms with Crippen molar-refractivity contribution in [3.8, 4) is 0 Å². The highest BCUT2D eigenvalue weighted by Crippen LogP contribution is 2.31. The highest BCUT2D eigenvalue weighted by molar-refractivity contribution is 7.90. The molecule has 4 nitrogen and oxygen atoms in total. The fraction of sp³-hybridized carbons (Fsp3) is 0.0455. The number of benzene rings is 3. The van der Waals surface area contributed by atoms with Crippen molar-refractivity contribution in [2.75, 3.05) is 0 Å². The largest absolute Gasteiger partial charge is 0.416 e. The van der Waals surface area contributed by atoms with Gasteiger partial charge in [0, 0.05) is 16.0 Å². The Morgan fingerprint density at radius 1 is 0.871 bits per heavy atom. The van der Waals surface area contributed by atoms with Gasteiger partial charge < -0.3 is 0 Å². The Morgan fingerprint density at radius 3 is 2.13 bits per heavy atom. The van der Waals surface area contributed by atoms with E-state index in [4.69, 9.17) is 11.6 Å². The zero-order chi connectivity index (χ0) is 22.4. The van der Waals surface area contributed by atoms with Gasteiger partial charge in [0.05, 0.1) is 16.0 Å². The molecule has 0 atom stereocenters. The summed E-state index contributed by atoms with van der Waals surface area (Å²) in [6.45, 7) is 0. The van der Waals surface area contributed by atoms with E-state index in [-0.39, 0.29) is 26.7 Å². The Bertz CT molecular complexity index is 1390. The van der Waals surface area contributed by atoms with Crippen LogP contribution in [0.15, 0.2) is 83.8 Å². The summed E-state index contributed by atoms with van der Waals surface area (Å²) in [5, 5.41) is 0.711. The SMILES string of the molecule is O=C(c1ccc(C(F)(F)F)cc1)c1cc2ccc(Cl)cc2n1S(=O)(=O)c1ccccc1. The molecule has 0 spiro atoms. The minimum absolute atomic E-state index is 0.0473. The van der Waals surface area contributed by atoms with Gasteiger partial charge in [-0.1, -0.05) is 48.0 Å². The predicted octanol–water partition coefficient (Wildman–Crippen LogP) is 5.78. The number of hydrogen-bond donors (Lipinski definition) is 0. The summed E-state index contributed by atoms with van der Waals surface area (Å²) in [6, 6.07) is 17.0. The molecule has 1 heterocycles. The molecule has 4 aromatic rings. The Labute approximate surface area is 180 Å². The molecule has 4 rings (SSSR count). The molecule has 3 aromatic carbocycles. The maximum absolute atomic E-state index is 13.4. The quantitative estimate of drug-likeness (QED) is 0.360. The first-order valence-corrected chi connectivity index (χ1v) is 10.7. The van der Waals surface area contributed by atoms with Crippen LogP contribution in [0.2, 0.25) is 5.02 Å². The predicted molar refractivity (Wildman–Crippen MR) is 111 cm³/mol. The number of nitrogens with zero attached hydrogens (tertiary/aromatic N) is 1. The summed E-state index contributed by atoms with van der Waals surface area (Å²) in [4.78, 5) is 13.1. The molecule has 0 saturated carbocycles. The summed E-state index contributed by atoms with van der Waals surface area (Å²) in [5.74, 6) is -0.736. The number of aromatic nitrogens is 1. The Morgan fingerprint density at radius 2 is 1.52 bits per heavy atom. The van der Waals surface area contributed by atoms with Crippen molar-refractivity contribution < 1.29 is 26.4 Å². The van der Waals surface area contributed by atoms with Gasteiger partial charge in [-0.15, -0.1) is 0 Å². The van der Waals surface area contributed by atoms with E-state index in [1.54, 1.807) is 30.3 Å². The van der Waals surface area contributed by atoms with Crippen molar-refractivity contribution in [1.82, 2.24) is 3.97 Å². The van der Waals surface area contributed by atoms with Crippen LogP contribution in [0.25, 0.3) is 10.9 Å². The lowest BCUT2D eigenvalue weighted by Gasteiger charge is -2.12. The van der Waals surface area contributed by atoms with Crippen LogP contribution in [0.4, 0.5) is 13.2 Å². The van der Waals surface area contributed by atoms with Crippen molar-refractivity contribution in [3.05, 3.63) is 101 Å². The van der Waals surface area contributed by atoms with Gasteiger partial charge in [0.25, 0.3) is 10.0 Å². The minimum Gasteiger partial charge on any atom is -0.287 e. The van der Waals surface area contributed by atoms with Crippen LogP contribution in [0.1, 0.15) is 21.6 Å². The molecule has 0 radical (unpaired) electrons. The molecule has 0 aliphatic rings. The second-order valence-corrected chi connectivity index (χ2v) is 8.94. The third-order valence-corrected chi connectivity index (χ3v) is 6.69. The first kappa shape index (κ1) is 21.1. The minimum atomic E-state index is -4.55. The molecule has 0 amide bonds. The molecule has 9 heteroatoms. The molecule has 1 aromatic heterocycles. The van der Waals surface area contributed by atoms with Crippen LogP contribution < -0.4 is 0 Å². The second kappa shape index (κ2) is 7.55. The average Bonchev–Trinajstić information content (AvgIpc) is 3.12. The summed E-state index contributed by atoms with van der Waals surface area (Å²) >= 11 is 6.05. The van der Waals surface area contributed by atoms with Crippen LogP contribution in [0, 0.1) is 0 Å². The molecule has 0 N–H and O–H groups in total. The van der Waals surface area contributed by atoms with E-state index in [2.05, 4.69) is 0 Å². The Balaban J connectivity index is 1.93. The van der Waals surface area contributed by atoms with Crippen LogP contribution >= 0.6 is 11.6 Å². The highest BCUT2D eigenvalue weighted by atomic mass is 35.5. The lowest BCUT2D eigenvalue weighted by molar-refractivity contribution is -0.137. The smallest absolute Gasteiger partial charge is 0.287 e. The normalized spacial score (nSPS) is 12.3. The molecule has 158 valence electrons. The number of rotatable bonds is 4. The average molecular weight is 464 g/mol. The second-order valence-electron chi connectivity index (χ2n) is 6.72. The standard InChI is InChI=1S/C22H13ClF3NO3S/c23-17-11-8-15-12-20(21(28)14-6-9-16(10-7-14)22(24,25)26)27(19(15)13-17)31(29,30)18-4-2-1-3-5-18/h1-13H. The van der Waals surface area contributed by atoms with Crippen molar-refractivity contribution in [2.45, 2.75) is 11.1 Å². The van der Waals surface area contributed by atoms with Gasteiger partial charge in [-0.25, -0.2) is 12.4 Å². The van der Waals surface area contributed by atoms with Crippen molar-refractivity contribution in [1.29, 1.82) is 0 Å². The molecular formula is C22H13ClF3NO3S. The van der Waals surface area contributed by atoms with Gasteiger partial charge in [-0.2, -0.15) is 13.2 Å². The van der Waals surface area contributed by atoms with Crippen molar-refractivity contribution >= 4 is 38.3 Å². The summed E-state index contributed by atoms with van der Waals surface area (Å²) in [5.41, 5.74) is -1.01. The fourth-order valence-corrected chi connectivity index (χ4v) is 4.91. The summed E-state index contributed by atoms with van der Waals surface area (Å²) < 4.78 is 66.2.